The number of rotatable bonds is 4. The van der Waals surface area contributed by atoms with E-state index in [2.05, 4.69) is 10.3 Å². The van der Waals surface area contributed by atoms with Crippen LogP contribution in [-0.2, 0) is 12.7 Å². The first-order valence-electron chi connectivity index (χ1n) is 6.37. The molecular formula is C15H14F4N2. The summed E-state index contributed by atoms with van der Waals surface area (Å²) >= 11 is 0. The second-order valence-electron chi connectivity index (χ2n) is 4.70. The largest absolute Gasteiger partial charge is 0.416 e. The van der Waals surface area contributed by atoms with Gasteiger partial charge in [0, 0.05) is 18.8 Å². The number of hydrogen-bond acceptors (Lipinski definition) is 2. The van der Waals surface area contributed by atoms with Gasteiger partial charge in [-0.1, -0.05) is 6.07 Å². The van der Waals surface area contributed by atoms with Crippen molar-refractivity contribution in [2.75, 3.05) is 0 Å². The van der Waals surface area contributed by atoms with Crippen LogP contribution in [0.1, 0.15) is 29.8 Å². The molecule has 0 radical (unpaired) electrons. The van der Waals surface area contributed by atoms with E-state index in [9.17, 15) is 17.6 Å². The van der Waals surface area contributed by atoms with E-state index in [0.29, 0.717) is 6.07 Å². The van der Waals surface area contributed by atoms with Gasteiger partial charge in [-0.2, -0.15) is 13.2 Å². The molecule has 1 N–H and O–H groups in total. The van der Waals surface area contributed by atoms with Crippen LogP contribution in [0.5, 0.6) is 0 Å². The molecule has 0 aliphatic carbocycles. The van der Waals surface area contributed by atoms with E-state index in [-0.39, 0.29) is 18.2 Å². The molecule has 2 rings (SSSR count). The molecule has 0 spiro atoms. The van der Waals surface area contributed by atoms with Gasteiger partial charge in [-0.15, -0.1) is 0 Å². The molecule has 1 atom stereocenters. The Morgan fingerprint density at radius 3 is 2.57 bits per heavy atom. The maximum absolute atomic E-state index is 13.3. The summed E-state index contributed by atoms with van der Waals surface area (Å²) < 4.78 is 51.1. The Bertz CT molecular complexity index is 596. The van der Waals surface area contributed by atoms with Crippen molar-refractivity contribution in [2.24, 2.45) is 0 Å². The van der Waals surface area contributed by atoms with Crippen molar-refractivity contribution in [1.29, 1.82) is 0 Å². The van der Waals surface area contributed by atoms with Gasteiger partial charge in [-0.3, -0.25) is 4.98 Å². The predicted octanol–water partition coefficient (Wildman–Crippen LogP) is 4.09. The minimum atomic E-state index is -4.55. The van der Waals surface area contributed by atoms with Crippen LogP contribution in [0.25, 0.3) is 0 Å². The highest BCUT2D eigenvalue weighted by Crippen LogP contribution is 2.30. The molecule has 6 heteroatoms. The molecule has 1 heterocycles. The van der Waals surface area contributed by atoms with Gasteiger partial charge in [0.25, 0.3) is 0 Å². The SMILES string of the molecule is C[C@H](NCc1cc(F)cc(C(F)(F)F)c1)c1ccccn1. The molecular weight excluding hydrogens is 284 g/mol. The van der Waals surface area contributed by atoms with Gasteiger partial charge in [0.1, 0.15) is 5.82 Å². The summed E-state index contributed by atoms with van der Waals surface area (Å²) in [5.41, 5.74) is 0.0276. The molecule has 0 bridgehead atoms. The topological polar surface area (TPSA) is 24.9 Å². The van der Waals surface area contributed by atoms with Gasteiger partial charge in [0.15, 0.2) is 0 Å². The van der Waals surface area contributed by atoms with Crippen LogP contribution in [-0.4, -0.2) is 4.98 Å². The van der Waals surface area contributed by atoms with Gasteiger partial charge in [0.2, 0.25) is 0 Å². The highest BCUT2D eigenvalue weighted by Gasteiger charge is 2.31. The molecule has 0 saturated carbocycles. The third-order valence-electron chi connectivity index (χ3n) is 3.03. The molecule has 21 heavy (non-hydrogen) atoms. The van der Waals surface area contributed by atoms with Crippen molar-refractivity contribution >= 4 is 0 Å². The Morgan fingerprint density at radius 1 is 1.19 bits per heavy atom. The van der Waals surface area contributed by atoms with Gasteiger partial charge in [-0.05, 0) is 42.8 Å². The Labute approximate surface area is 119 Å². The van der Waals surface area contributed by atoms with Crippen LogP contribution >= 0.6 is 0 Å². The molecule has 112 valence electrons. The fraction of sp³-hybridized carbons (Fsp3) is 0.267. The number of nitrogens with one attached hydrogen (secondary N) is 1. The molecule has 0 saturated heterocycles. The Morgan fingerprint density at radius 2 is 1.95 bits per heavy atom. The summed E-state index contributed by atoms with van der Waals surface area (Å²) in [6.45, 7) is 1.96. The summed E-state index contributed by atoms with van der Waals surface area (Å²) in [6, 6.07) is 7.79. The van der Waals surface area contributed by atoms with Crippen molar-refractivity contribution < 1.29 is 17.6 Å². The van der Waals surface area contributed by atoms with Crippen LogP contribution in [0, 0.1) is 5.82 Å². The lowest BCUT2D eigenvalue weighted by molar-refractivity contribution is -0.137. The summed E-state index contributed by atoms with van der Waals surface area (Å²) in [7, 11) is 0. The molecule has 1 aromatic heterocycles. The van der Waals surface area contributed by atoms with E-state index in [0.717, 1.165) is 17.8 Å². The van der Waals surface area contributed by atoms with Crippen LogP contribution < -0.4 is 5.32 Å². The summed E-state index contributed by atoms with van der Waals surface area (Å²) in [5, 5.41) is 3.02. The zero-order valence-corrected chi connectivity index (χ0v) is 11.3. The fourth-order valence-corrected chi connectivity index (χ4v) is 1.92. The first-order valence-corrected chi connectivity index (χ1v) is 6.37. The van der Waals surface area contributed by atoms with Crippen molar-refractivity contribution in [1.82, 2.24) is 10.3 Å². The number of benzene rings is 1. The lowest BCUT2D eigenvalue weighted by Gasteiger charge is -2.14. The van der Waals surface area contributed by atoms with Gasteiger partial charge < -0.3 is 5.32 Å². The molecule has 0 aliphatic rings. The van der Waals surface area contributed by atoms with E-state index in [1.54, 1.807) is 12.3 Å². The maximum Gasteiger partial charge on any atom is 0.416 e. The molecule has 2 aromatic rings. The number of nitrogens with zero attached hydrogens (tertiary/aromatic N) is 1. The number of alkyl halides is 3. The van der Waals surface area contributed by atoms with Crippen molar-refractivity contribution in [2.45, 2.75) is 25.7 Å². The van der Waals surface area contributed by atoms with Crippen molar-refractivity contribution in [3.8, 4) is 0 Å². The van der Waals surface area contributed by atoms with E-state index in [1.807, 2.05) is 19.1 Å². The van der Waals surface area contributed by atoms with Gasteiger partial charge in [-0.25, -0.2) is 4.39 Å². The van der Waals surface area contributed by atoms with E-state index < -0.39 is 17.6 Å². The molecule has 0 unspecified atom stereocenters. The zero-order valence-electron chi connectivity index (χ0n) is 11.3. The standard InChI is InChI=1S/C15H14F4N2/c1-10(14-4-2-3-5-20-14)21-9-11-6-12(15(17,18)19)8-13(16)7-11/h2-8,10,21H,9H2,1H3/t10-/m0/s1. The fourth-order valence-electron chi connectivity index (χ4n) is 1.92. The minimum Gasteiger partial charge on any atom is -0.305 e. The summed E-state index contributed by atoms with van der Waals surface area (Å²) in [4.78, 5) is 4.15. The number of aromatic nitrogens is 1. The van der Waals surface area contributed by atoms with E-state index in [1.165, 1.54) is 0 Å². The lowest BCUT2D eigenvalue weighted by Crippen LogP contribution is -2.19. The third-order valence-corrected chi connectivity index (χ3v) is 3.03. The quantitative estimate of drug-likeness (QED) is 0.860. The average Bonchev–Trinajstić information content (AvgIpc) is 2.44. The number of halogens is 4. The number of pyridine rings is 1. The summed E-state index contributed by atoms with van der Waals surface area (Å²) in [5.74, 6) is -0.896. The monoisotopic (exact) mass is 298 g/mol. The van der Waals surface area contributed by atoms with Crippen LogP contribution in [0.4, 0.5) is 17.6 Å². The van der Waals surface area contributed by atoms with Crippen LogP contribution in [0.2, 0.25) is 0 Å². The highest BCUT2D eigenvalue weighted by molar-refractivity contribution is 5.27. The number of hydrogen-bond donors (Lipinski definition) is 1. The zero-order chi connectivity index (χ0) is 15.5. The first-order chi connectivity index (χ1) is 9.86. The smallest absolute Gasteiger partial charge is 0.305 e. The van der Waals surface area contributed by atoms with Gasteiger partial charge >= 0.3 is 6.18 Å². The van der Waals surface area contributed by atoms with Crippen molar-refractivity contribution in [3.63, 3.8) is 0 Å². The normalized spacial score (nSPS) is 13.2. The van der Waals surface area contributed by atoms with E-state index in [4.69, 9.17) is 0 Å². The average molecular weight is 298 g/mol. The molecule has 0 fully saturated rings. The first kappa shape index (κ1) is 15.4. The van der Waals surface area contributed by atoms with E-state index >= 15 is 0 Å². The maximum atomic E-state index is 13.3. The summed E-state index contributed by atoms with van der Waals surface area (Å²) in [6.07, 6.45) is -2.92. The second kappa shape index (κ2) is 6.22. The van der Waals surface area contributed by atoms with Gasteiger partial charge in [0.05, 0.1) is 11.3 Å². The molecule has 1 aromatic carbocycles. The third kappa shape index (κ3) is 4.26. The van der Waals surface area contributed by atoms with Crippen LogP contribution in [0.3, 0.4) is 0 Å². The highest BCUT2D eigenvalue weighted by atomic mass is 19.4. The Hall–Kier alpha value is -1.95. The Balaban J connectivity index is 2.08. The molecule has 2 nitrogen and oxygen atoms in total. The predicted molar refractivity (Wildman–Crippen MR) is 70.9 cm³/mol. The van der Waals surface area contributed by atoms with Crippen molar-refractivity contribution in [3.05, 3.63) is 65.2 Å². The second-order valence-corrected chi connectivity index (χ2v) is 4.70. The Kier molecular flexibility index (Phi) is 4.57. The molecule has 0 aliphatic heterocycles. The lowest BCUT2D eigenvalue weighted by atomic mass is 10.1. The van der Waals surface area contributed by atoms with Crippen LogP contribution in [0.15, 0.2) is 42.6 Å². The molecule has 0 amide bonds. The minimum absolute atomic E-state index is 0.124.